The molecule has 0 saturated carbocycles. The quantitative estimate of drug-likeness (QED) is 0.661. The fraction of sp³-hybridized carbons (Fsp3) is 0.0500. The van der Waals surface area contributed by atoms with Crippen LogP contribution in [0.3, 0.4) is 0 Å². The fourth-order valence-corrected chi connectivity index (χ4v) is 2.35. The summed E-state index contributed by atoms with van der Waals surface area (Å²) in [6.07, 6.45) is 0. The lowest BCUT2D eigenvalue weighted by Gasteiger charge is -2.24. The molecule has 0 atom stereocenters. The number of aryl methyl sites for hydroxylation is 1. The molecule has 0 aliphatic heterocycles. The van der Waals surface area contributed by atoms with Crippen LogP contribution in [0.1, 0.15) is 5.56 Å². The minimum atomic E-state index is -0.254. The zero-order chi connectivity index (χ0) is 16.8. The third kappa shape index (κ3) is 3.93. The maximum Gasteiger partial charge on any atom is 0.345 e. The average molecular weight is 317 g/mol. The Balaban J connectivity index is 1.85. The third-order valence-corrected chi connectivity index (χ3v) is 3.50. The Morgan fingerprint density at radius 1 is 0.792 bits per heavy atom. The van der Waals surface area contributed by atoms with Crippen molar-refractivity contribution in [1.82, 2.24) is 0 Å². The van der Waals surface area contributed by atoms with E-state index in [2.05, 4.69) is 10.7 Å². The summed E-state index contributed by atoms with van der Waals surface area (Å²) in [5, 5.41) is 4.42. The minimum Gasteiger partial charge on any atom is -0.306 e. The molecule has 120 valence electrons. The van der Waals surface area contributed by atoms with Crippen molar-refractivity contribution in [3.63, 3.8) is 0 Å². The van der Waals surface area contributed by atoms with E-state index in [0.29, 0.717) is 0 Å². The molecule has 3 aromatic carbocycles. The highest BCUT2D eigenvalue weighted by molar-refractivity contribution is 6.03. The highest BCUT2D eigenvalue weighted by Gasteiger charge is 2.16. The predicted octanol–water partition coefficient (Wildman–Crippen LogP) is 5.06. The number of para-hydroxylation sites is 2. The normalized spacial score (nSPS) is 10.0. The summed E-state index contributed by atoms with van der Waals surface area (Å²) >= 11 is 0. The molecule has 0 unspecified atom stereocenters. The first-order chi connectivity index (χ1) is 11.7. The van der Waals surface area contributed by atoms with Gasteiger partial charge in [-0.15, -0.1) is 0 Å². The van der Waals surface area contributed by atoms with Crippen molar-refractivity contribution in [1.29, 1.82) is 0 Å². The number of hydrazine groups is 1. The van der Waals surface area contributed by atoms with Crippen LogP contribution in [0.4, 0.5) is 21.9 Å². The van der Waals surface area contributed by atoms with Gasteiger partial charge in [-0.1, -0.05) is 48.5 Å². The van der Waals surface area contributed by atoms with Crippen molar-refractivity contribution in [3.05, 3.63) is 90.5 Å². The summed E-state index contributed by atoms with van der Waals surface area (Å²) in [5.74, 6) is 0. The van der Waals surface area contributed by atoms with Crippen LogP contribution in [0.5, 0.6) is 0 Å². The minimum absolute atomic E-state index is 0.254. The van der Waals surface area contributed by atoms with Gasteiger partial charge in [0, 0.05) is 5.69 Å². The Morgan fingerprint density at radius 3 is 2.08 bits per heavy atom. The molecule has 3 rings (SSSR count). The lowest BCUT2D eigenvalue weighted by atomic mass is 10.2. The van der Waals surface area contributed by atoms with Crippen LogP contribution in [0.2, 0.25) is 0 Å². The standard InChI is InChI=1S/C20H19N3O/c1-16-9-8-12-18(15-16)21-20(24)23(19-13-6-3-7-14-19)22-17-10-4-2-5-11-17/h2-15,22H,1H3,(H,21,24). The number of carbonyl (C=O) groups is 1. The molecule has 4 nitrogen and oxygen atoms in total. The van der Waals surface area contributed by atoms with Crippen LogP contribution in [0.15, 0.2) is 84.9 Å². The van der Waals surface area contributed by atoms with Gasteiger partial charge in [0.1, 0.15) is 0 Å². The number of benzene rings is 3. The SMILES string of the molecule is Cc1cccc(NC(=O)N(Nc2ccccc2)c2ccccc2)c1. The highest BCUT2D eigenvalue weighted by Crippen LogP contribution is 2.18. The third-order valence-electron chi connectivity index (χ3n) is 3.50. The van der Waals surface area contributed by atoms with Crippen LogP contribution in [-0.2, 0) is 0 Å². The van der Waals surface area contributed by atoms with Crippen LogP contribution in [0, 0.1) is 6.92 Å². The second-order valence-corrected chi connectivity index (χ2v) is 5.45. The van der Waals surface area contributed by atoms with Gasteiger partial charge in [0.2, 0.25) is 0 Å². The smallest absolute Gasteiger partial charge is 0.306 e. The summed E-state index contributed by atoms with van der Waals surface area (Å²) in [6, 6.07) is 26.5. The second-order valence-electron chi connectivity index (χ2n) is 5.45. The van der Waals surface area contributed by atoms with Crippen LogP contribution in [-0.4, -0.2) is 6.03 Å². The molecule has 0 heterocycles. The topological polar surface area (TPSA) is 44.4 Å². The van der Waals surface area contributed by atoms with Gasteiger partial charge in [-0.2, -0.15) is 0 Å². The molecule has 0 radical (unpaired) electrons. The Labute approximate surface area is 141 Å². The molecule has 0 aliphatic rings. The van der Waals surface area contributed by atoms with Gasteiger partial charge in [0.25, 0.3) is 0 Å². The van der Waals surface area contributed by atoms with Gasteiger partial charge in [-0.25, -0.2) is 9.80 Å². The molecule has 2 N–H and O–H groups in total. The van der Waals surface area contributed by atoms with E-state index in [-0.39, 0.29) is 6.03 Å². The predicted molar refractivity (Wildman–Crippen MR) is 99.2 cm³/mol. The maximum absolute atomic E-state index is 12.8. The molecule has 0 bridgehead atoms. The zero-order valence-electron chi connectivity index (χ0n) is 13.4. The van der Waals surface area contributed by atoms with Crippen LogP contribution >= 0.6 is 0 Å². The van der Waals surface area contributed by atoms with Crippen molar-refractivity contribution in [2.75, 3.05) is 15.8 Å². The van der Waals surface area contributed by atoms with E-state index in [4.69, 9.17) is 0 Å². The van der Waals surface area contributed by atoms with Gasteiger partial charge >= 0.3 is 6.03 Å². The van der Waals surface area contributed by atoms with Crippen molar-refractivity contribution in [2.45, 2.75) is 6.92 Å². The van der Waals surface area contributed by atoms with Gasteiger partial charge in [0.05, 0.1) is 11.4 Å². The number of hydrogen-bond acceptors (Lipinski definition) is 2. The molecule has 0 aromatic heterocycles. The van der Waals surface area contributed by atoms with E-state index in [1.807, 2.05) is 91.9 Å². The van der Waals surface area contributed by atoms with Gasteiger partial charge in [-0.3, -0.25) is 5.43 Å². The molecule has 0 fully saturated rings. The molecule has 2 amide bonds. The molecule has 0 aliphatic carbocycles. The van der Waals surface area contributed by atoms with Crippen molar-refractivity contribution >= 4 is 23.1 Å². The number of nitrogens with one attached hydrogen (secondary N) is 2. The zero-order valence-corrected chi connectivity index (χ0v) is 13.4. The van der Waals surface area contributed by atoms with E-state index in [1.165, 1.54) is 5.01 Å². The summed E-state index contributed by atoms with van der Waals surface area (Å²) < 4.78 is 0. The molecule has 4 heteroatoms. The summed E-state index contributed by atoms with van der Waals surface area (Å²) in [5.41, 5.74) is 6.59. The lowest BCUT2D eigenvalue weighted by molar-refractivity contribution is 0.258. The summed E-state index contributed by atoms with van der Waals surface area (Å²) in [7, 11) is 0. The first kappa shape index (κ1) is 15.6. The fourth-order valence-electron chi connectivity index (χ4n) is 2.35. The first-order valence-corrected chi connectivity index (χ1v) is 7.77. The summed E-state index contributed by atoms with van der Waals surface area (Å²) in [6.45, 7) is 1.99. The summed E-state index contributed by atoms with van der Waals surface area (Å²) in [4.78, 5) is 12.8. The molecular weight excluding hydrogens is 298 g/mol. The van der Waals surface area contributed by atoms with E-state index in [0.717, 1.165) is 22.6 Å². The van der Waals surface area contributed by atoms with Crippen LogP contribution in [0.25, 0.3) is 0 Å². The van der Waals surface area contributed by atoms with E-state index < -0.39 is 0 Å². The van der Waals surface area contributed by atoms with Gasteiger partial charge in [-0.05, 0) is 48.9 Å². The number of hydrogen-bond donors (Lipinski definition) is 2. The van der Waals surface area contributed by atoms with Crippen molar-refractivity contribution in [2.24, 2.45) is 0 Å². The Hall–Kier alpha value is -3.27. The molecular formula is C20H19N3O. The molecule has 0 spiro atoms. The van der Waals surface area contributed by atoms with E-state index in [9.17, 15) is 4.79 Å². The number of nitrogens with zero attached hydrogens (tertiary/aromatic N) is 1. The molecule has 3 aromatic rings. The highest BCUT2D eigenvalue weighted by atomic mass is 16.2. The largest absolute Gasteiger partial charge is 0.345 e. The van der Waals surface area contributed by atoms with Gasteiger partial charge < -0.3 is 5.32 Å². The Bertz CT molecular complexity index is 803. The average Bonchev–Trinajstić information content (AvgIpc) is 2.61. The number of carbonyl (C=O) groups excluding carboxylic acids is 1. The molecule has 24 heavy (non-hydrogen) atoms. The molecule has 0 saturated heterocycles. The number of amides is 2. The number of rotatable bonds is 4. The maximum atomic E-state index is 12.8. The van der Waals surface area contributed by atoms with E-state index >= 15 is 0 Å². The Kier molecular flexibility index (Phi) is 4.77. The number of urea groups is 1. The van der Waals surface area contributed by atoms with Crippen LogP contribution < -0.4 is 15.8 Å². The van der Waals surface area contributed by atoms with Crippen molar-refractivity contribution < 1.29 is 4.79 Å². The van der Waals surface area contributed by atoms with Gasteiger partial charge in [0.15, 0.2) is 0 Å². The Morgan fingerprint density at radius 2 is 1.42 bits per heavy atom. The second kappa shape index (κ2) is 7.33. The number of anilines is 3. The van der Waals surface area contributed by atoms with Crippen molar-refractivity contribution in [3.8, 4) is 0 Å². The monoisotopic (exact) mass is 317 g/mol. The first-order valence-electron chi connectivity index (χ1n) is 7.77. The van der Waals surface area contributed by atoms with E-state index in [1.54, 1.807) is 0 Å². The lowest BCUT2D eigenvalue weighted by Crippen LogP contribution is -2.39.